The molecule has 7 nitrogen and oxygen atoms in total. The van der Waals surface area contributed by atoms with Gasteiger partial charge in [0.05, 0.1) is 17.1 Å². The average Bonchev–Trinajstić information content (AvgIpc) is 0.760. The number of anilines is 18. The van der Waals surface area contributed by atoms with Crippen LogP contribution in [0.25, 0.3) is 0 Å². The Labute approximate surface area is 502 Å². The number of hydrogen-bond acceptors (Lipinski definition) is 7. The van der Waals surface area contributed by atoms with E-state index in [2.05, 4.69) is 351 Å². The van der Waals surface area contributed by atoms with Crippen LogP contribution in [0.5, 0.6) is 0 Å². The number of para-hydroxylation sites is 10. The smallest absolute Gasteiger partial charge is 0.275 e. The highest BCUT2D eigenvalue weighted by Crippen LogP contribution is 2.51. The summed E-state index contributed by atoms with van der Waals surface area (Å²) in [6.45, 7) is -0.494. The van der Waals surface area contributed by atoms with Gasteiger partial charge in [0.25, 0.3) is 13.4 Å². The van der Waals surface area contributed by atoms with E-state index in [1.54, 1.807) is 0 Å². The first-order valence-corrected chi connectivity index (χ1v) is 29.5. The highest BCUT2D eigenvalue weighted by atomic mass is 15.3. The maximum atomic E-state index is 6.38. The summed E-state index contributed by atoms with van der Waals surface area (Å²) in [4.78, 5) is 21.1. The number of hydrogen-bond donors (Lipinski definition) is 0. The Morgan fingerprint density at radius 3 is 0.907 bits per heavy atom. The van der Waals surface area contributed by atoms with Crippen molar-refractivity contribution in [3.05, 3.63) is 322 Å². The zero-order valence-electron chi connectivity index (χ0n) is 46.9. The van der Waals surface area contributed by atoms with Crippen LogP contribution in [0.1, 0.15) is 0 Å². The minimum Gasteiger partial charge on any atom is -0.311 e. The van der Waals surface area contributed by atoms with Crippen molar-refractivity contribution in [3.63, 3.8) is 0 Å². The summed E-state index contributed by atoms with van der Waals surface area (Å²) in [5.74, 6) is 0.904. The van der Waals surface area contributed by atoms with Crippen molar-refractivity contribution in [1.82, 2.24) is 4.98 Å². The molecule has 0 fully saturated rings. The fraction of sp³-hybridized carbons (Fsp3) is 0. The second-order valence-electron chi connectivity index (χ2n) is 22.3. The molecule has 4 aliphatic heterocycles. The van der Waals surface area contributed by atoms with E-state index in [1.165, 1.54) is 21.9 Å². The molecule has 0 bridgehead atoms. The van der Waals surface area contributed by atoms with Crippen LogP contribution in [0.4, 0.5) is 103 Å². The third-order valence-corrected chi connectivity index (χ3v) is 17.5. The molecule has 0 spiro atoms. The van der Waals surface area contributed by atoms with E-state index in [9.17, 15) is 0 Å². The van der Waals surface area contributed by atoms with Crippen LogP contribution in [-0.2, 0) is 0 Å². The lowest BCUT2D eigenvalue weighted by Crippen LogP contribution is -2.65. The van der Waals surface area contributed by atoms with E-state index in [0.29, 0.717) is 0 Å². The van der Waals surface area contributed by atoms with Gasteiger partial charge in [0.1, 0.15) is 5.82 Å². The van der Waals surface area contributed by atoms with Gasteiger partial charge in [-0.05, 0) is 167 Å². The Hall–Kier alpha value is -11.3. The molecule has 402 valence electrons. The van der Waals surface area contributed by atoms with E-state index < -0.39 is 0 Å². The fourth-order valence-electron chi connectivity index (χ4n) is 14.0. The molecule has 0 unspecified atom stereocenters. The Kier molecular flexibility index (Phi) is 11.6. The van der Waals surface area contributed by atoms with Crippen LogP contribution in [0.15, 0.2) is 322 Å². The summed E-state index contributed by atoms with van der Waals surface area (Å²) in [5.41, 5.74) is 25.2. The highest BCUT2D eigenvalue weighted by molar-refractivity contribution is 7.02. The molecule has 4 aliphatic rings. The molecule has 1 aromatic heterocycles. The number of pyridine rings is 1. The predicted octanol–water partition coefficient (Wildman–Crippen LogP) is 16.2. The quantitative estimate of drug-likeness (QED) is 0.126. The van der Waals surface area contributed by atoms with Crippen LogP contribution in [0.2, 0.25) is 0 Å². The molecule has 0 radical (unpaired) electrons. The van der Waals surface area contributed by atoms with Gasteiger partial charge in [-0.15, -0.1) is 0 Å². The van der Waals surface area contributed by atoms with Gasteiger partial charge < -0.3 is 24.5 Å². The molecular formula is C77H53B2N7. The summed E-state index contributed by atoms with van der Waals surface area (Å²) < 4.78 is 0. The van der Waals surface area contributed by atoms with Gasteiger partial charge in [-0.2, -0.15) is 0 Å². The van der Waals surface area contributed by atoms with Gasteiger partial charge in [-0.3, -0.25) is 4.90 Å². The minimum absolute atomic E-state index is 0.223. The van der Waals surface area contributed by atoms with E-state index in [-0.39, 0.29) is 13.4 Å². The first-order valence-electron chi connectivity index (χ1n) is 29.5. The van der Waals surface area contributed by atoms with Crippen molar-refractivity contribution in [2.75, 3.05) is 29.4 Å². The Balaban J connectivity index is 0.995. The lowest BCUT2D eigenvalue weighted by atomic mass is 9.32. The lowest BCUT2D eigenvalue weighted by Gasteiger charge is -2.47. The largest absolute Gasteiger partial charge is 0.311 e. The summed E-state index contributed by atoms with van der Waals surface area (Å²) in [7, 11) is 0. The van der Waals surface area contributed by atoms with Crippen LogP contribution in [0, 0.1) is 0 Å². The van der Waals surface area contributed by atoms with Crippen molar-refractivity contribution in [2.45, 2.75) is 0 Å². The third-order valence-electron chi connectivity index (χ3n) is 17.5. The molecule has 86 heavy (non-hydrogen) atoms. The number of aromatic nitrogens is 1. The SMILES string of the molecule is c1ccc(N(c2ccccc2)c2cc3c4c(c2)N(c2ccccc2)c2cc5c(nc2B4c2ccccc2N3c2ccccc2)N(c2ccccc2)c2cc(N(c3ccccc3)c3ccccc3)cc3c2B5c2ccccc2N3c2ccccc2)cc1. The molecule has 9 heteroatoms. The summed E-state index contributed by atoms with van der Waals surface area (Å²) in [6, 6.07) is 117. The predicted molar refractivity (Wildman–Crippen MR) is 362 cm³/mol. The molecule has 17 rings (SSSR count). The van der Waals surface area contributed by atoms with Crippen molar-refractivity contribution in [2.24, 2.45) is 0 Å². The van der Waals surface area contributed by atoms with E-state index in [4.69, 9.17) is 4.98 Å². The van der Waals surface area contributed by atoms with Crippen molar-refractivity contribution >= 4 is 149 Å². The van der Waals surface area contributed by atoms with Crippen molar-refractivity contribution in [3.8, 4) is 0 Å². The van der Waals surface area contributed by atoms with Gasteiger partial charge in [0, 0.05) is 85.2 Å². The van der Waals surface area contributed by atoms with Crippen LogP contribution >= 0.6 is 0 Å². The third kappa shape index (κ3) is 7.82. The molecule has 0 aliphatic carbocycles. The monoisotopic (exact) mass is 1100 g/mol. The number of benzene rings is 12. The van der Waals surface area contributed by atoms with Crippen molar-refractivity contribution < 1.29 is 0 Å². The van der Waals surface area contributed by atoms with E-state index in [1.807, 2.05) is 0 Å². The zero-order valence-corrected chi connectivity index (χ0v) is 46.9. The van der Waals surface area contributed by atoms with Crippen LogP contribution in [0.3, 0.4) is 0 Å². The van der Waals surface area contributed by atoms with Crippen molar-refractivity contribution in [1.29, 1.82) is 0 Å². The van der Waals surface area contributed by atoms with Gasteiger partial charge >= 0.3 is 0 Å². The van der Waals surface area contributed by atoms with Gasteiger partial charge in [0.15, 0.2) is 0 Å². The van der Waals surface area contributed by atoms with Crippen LogP contribution < -0.4 is 62.3 Å². The van der Waals surface area contributed by atoms with Gasteiger partial charge in [0.2, 0.25) is 0 Å². The molecule has 13 aromatic rings. The van der Waals surface area contributed by atoms with E-state index >= 15 is 0 Å². The molecular weight excluding hydrogens is 1040 g/mol. The number of nitrogens with zero attached hydrogens (tertiary/aromatic N) is 7. The standard InChI is InChI=1S/C77H53B2N7/c1-9-29-54(30-10-1)81(55-31-11-2-12-32-55)62-50-70-75-71(51-62)85(60-41-21-7-22-42-60)73-53-66-77(80-76(73)79(75)65-46-26-28-48-68(65)84(70)59-39-19-6-20-40-59)86(61-43-23-8-24-44-61)72-52-63(82(56-33-13-3-14-34-56)57-35-15-4-16-36-57)49-69-74(72)78(66)64-45-25-27-47-67(64)83(69)58-37-17-5-18-38-58/h1-53H. The van der Waals surface area contributed by atoms with E-state index in [0.717, 1.165) is 114 Å². The Bertz CT molecular complexity index is 4300. The van der Waals surface area contributed by atoms with Crippen LogP contribution in [-0.4, -0.2) is 18.4 Å². The number of fused-ring (bicyclic) bond motifs is 8. The molecule has 12 aromatic carbocycles. The average molecular weight is 1100 g/mol. The second-order valence-corrected chi connectivity index (χ2v) is 22.3. The first-order chi connectivity index (χ1) is 42.7. The Morgan fingerprint density at radius 2 is 0.523 bits per heavy atom. The van der Waals surface area contributed by atoms with Gasteiger partial charge in [-0.25, -0.2) is 4.98 Å². The summed E-state index contributed by atoms with van der Waals surface area (Å²) >= 11 is 0. The number of rotatable bonds is 10. The molecule has 5 heterocycles. The molecule has 0 atom stereocenters. The highest BCUT2D eigenvalue weighted by Gasteiger charge is 2.50. The molecule has 0 saturated carbocycles. The maximum absolute atomic E-state index is 6.38. The minimum atomic E-state index is -0.271. The second kappa shape index (κ2) is 20.3. The first kappa shape index (κ1) is 49.3. The topological polar surface area (TPSA) is 32.3 Å². The molecule has 0 amide bonds. The zero-order chi connectivity index (χ0) is 56.7. The normalized spacial score (nSPS) is 13.0. The maximum Gasteiger partial charge on any atom is 0.275 e. The molecule has 0 saturated heterocycles. The summed E-state index contributed by atoms with van der Waals surface area (Å²) in [6.07, 6.45) is 0. The lowest BCUT2D eigenvalue weighted by molar-refractivity contribution is 1.17. The fourth-order valence-corrected chi connectivity index (χ4v) is 14.0. The van der Waals surface area contributed by atoms with Gasteiger partial charge in [-0.1, -0.05) is 182 Å². The summed E-state index contributed by atoms with van der Waals surface area (Å²) in [5, 5.41) is 0. The Morgan fingerprint density at radius 1 is 0.233 bits per heavy atom. The molecule has 0 N–H and O–H groups in total.